The van der Waals surface area contributed by atoms with E-state index in [0.717, 1.165) is 26.8 Å². The largest absolute Gasteiger partial charge is 0.496 e. The predicted octanol–water partition coefficient (Wildman–Crippen LogP) is 5.70. The molecule has 0 aromatic heterocycles. The first-order valence-corrected chi connectivity index (χ1v) is 10.7. The van der Waals surface area contributed by atoms with Gasteiger partial charge in [0.25, 0.3) is 5.91 Å². The number of rotatable bonds is 4. The number of hydrogen-bond donors (Lipinski definition) is 2. The number of amides is 3. The summed E-state index contributed by atoms with van der Waals surface area (Å²) in [5.41, 5.74) is 3.63. The molecule has 2 N–H and O–H groups in total. The monoisotopic (exact) mass is 531 g/mol. The standard InChI is InChI=1S/C18H12BrCl2N3O3S2/c1-27-14-5-2-9(6-11(14)19)7-15-16(25)24(18(28)29-15)23-17(26)22-10-3-4-12(20)13(21)8-10/h2-8H,1H3,(H2,22,23,26)/b15-7+. The fourth-order valence-electron chi connectivity index (χ4n) is 2.32. The molecule has 0 aliphatic carbocycles. The number of nitrogens with zero attached hydrogens (tertiary/aromatic N) is 1. The van der Waals surface area contributed by atoms with Gasteiger partial charge in [0.15, 0.2) is 4.32 Å². The van der Waals surface area contributed by atoms with Crippen LogP contribution in [0.3, 0.4) is 0 Å². The number of hydrogen-bond acceptors (Lipinski definition) is 5. The first-order chi connectivity index (χ1) is 13.8. The van der Waals surface area contributed by atoms with Crippen LogP contribution in [-0.2, 0) is 4.79 Å². The van der Waals surface area contributed by atoms with E-state index in [1.54, 1.807) is 37.5 Å². The van der Waals surface area contributed by atoms with Crippen LogP contribution in [0, 0.1) is 0 Å². The number of urea groups is 1. The molecule has 0 saturated carbocycles. The maximum atomic E-state index is 12.6. The highest BCUT2D eigenvalue weighted by molar-refractivity contribution is 9.10. The molecule has 0 spiro atoms. The van der Waals surface area contributed by atoms with Gasteiger partial charge in [0.1, 0.15) is 5.75 Å². The van der Waals surface area contributed by atoms with Crippen LogP contribution in [-0.4, -0.2) is 28.4 Å². The molecule has 0 radical (unpaired) electrons. The zero-order chi connectivity index (χ0) is 21.1. The summed E-state index contributed by atoms with van der Waals surface area (Å²) >= 11 is 21.5. The summed E-state index contributed by atoms with van der Waals surface area (Å²) in [6.07, 6.45) is 1.68. The fourth-order valence-corrected chi connectivity index (χ4v) is 4.36. The van der Waals surface area contributed by atoms with Crippen molar-refractivity contribution in [3.8, 4) is 5.75 Å². The third-order valence-electron chi connectivity index (χ3n) is 3.66. The molecule has 0 bridgehead atoms. The van der Waals surface area contributed by atoms with E-state index in [0.29, 0.717) is 26.4 Å². The molecule has 1 heterocycles. The quantitative estimate of drug-likeness (QED) is 0.390. The first-order valence-electron chi connectivity index (χ1n) is 7.92. The minimum absolute atomic E-state index is 0.207. The average molecular weight is 533 g/mol. The highest BCUT2D eigenvalue weighted by Gasteiger charge is 2.33. The Bertz CT molecular complexity index is 1050. The van der Waals surface area contributed by atoms with Gasteiger partial charge >= 0.3 is 6.03 Å². The molecule has 2 aromatic rings. The van der Waals surface area contributed by atoms with Gasteiger partial charge < -0.3 is 10.1 Å². The predicted molar refractivity (Wildman–Crippen MR) is 124 cm³/mol. The van der Waals surface area contributed by atoms with Crippen molar-refractivity contribution in [1.82, 2.24) is 10.4 Å². The number of thiocarbonyl (C=S) groups is 1. The molecule has 3 amide bonds. The number of nitrogens with one attached hydrogen (secondary N) is 2. The van der Waals surface area contributed by atoms with Crippen LogP contribution in [0.1, 0.15) is 5.56 Å². The van der Waals surface area contributed by atoms with E-state index < -0.39 is 11.9 Å². The molecule has 2 aromatic carbocycles. The second-order valence-corrected chi connectivity index (χ2v) is 8.95. The number of carbonyl (C=O) groups is 2. The van der Waals surface area contributed by atoms with Crippen molar-refractivity contribution in [2.24, 2.45) is 0 Å². The van der Waals surface area contributed by atoms with Crippen LogP contribution in [0.25, 0.3) is 6.08 Å². The highest BCUT2D eigenvalue weighted by atomic mass is 79.9. The van der Waals surface area contributed by atoms with Crippen LogP contribution in [0.15, 0.2) is 45.8 Å². The summed E-state index contributed by atoms with van der Waals surface area (Å²) in [5, 5.41) is 4.24. The maximum Gasteiger partial charge on any atom is 0.338 e. The van der Waals surface area contributed by atoms with Crippen molar-refractivity contribution in [3.63, 3.8) is 0 Å². The molecule has 1 aliphatic heterocycles. The van der Waals surface area contributed by atoms with E-state index in [9.17, 15) is 9.59 Å². The molecule has 1 saturated heterocycles. The highest BCUT2D eigenvalue weighted by Crippen LogP contribution is 2.33. The third kappa shape index (κ3) is 5.23. The Labute approximate surface area is 194 Å². The van der Waals surface area contributed by atoms with Gasteiger partial charge in [-0.05, 0) is 70.1 Å². The van der Waals surface area contributed by atoms with Crippen molar-refractivity contribution in [3.05, 3.63) is 61.4 Å². The fraction of sp³-hybridized carbons (Fsp3) is 0.0556. The lowest BCUT2D eigenvalue weighted by atomic mass is 10.2. The van der Waals surface area contributed by atoms with Crippen molar-refractivity contribution in [1.29, 1.82) is 0 Å². The summed E-state index contributed by atoms with van der Waals surface area (Å²) < 4.78 is 6.15. The number of anilines is 1. The zero-order valence-corrected chi connectivity index (χ0v) is 19.4. The maximum absolute atomic E-state index is 12.6. The molecule has 3 rings (SSSR count). The summed E-state index contributed by atoms with van der Waals surface area (Å²) in [6, 6.07) is 9.38. The number of halogens is 3. The molecular weight excluding hydrogens is 521 g/mol. The lowest BCUT2D eigenvalue weighted by Gasteiger charge is -2.16. The number of methoxy groups -OCH3 is 1. The molecule has 0 unspecified atom stereocenters. The summed E-state index contributed by atoms with van der Waals surface area (Å²) in [4.78, 5) is 25.3. The van der Waals surface area contributed by atoms with Gasteiger partial charge in [-0.1, -0.05) is 41.0 Å². The average Bonchev–Trinajstić information content (AvgIpc) is 2.92. The smallest absolute Gasteiger partial charge is 0.338 e. The number of hydrazine groups is 1. The van der Waals surface area contributed by atoms with E-state index in [1.807, 2.05) is 6.07 Å². The van der Waals surface area contributed by atoms with Crippen molar-refractivity contribution >= 4 is 91.1 Å². The van der Waals surface area contributed by atoms with E-state index in [-0.39, 0.29) is 4.32 Å². The van der Waals surface area contributed by atoms with Crippen LogP contribution in [0.4, 0.5) is 10.5 Å². The molecule has 1 aliphatic rings. The van der Waals surface area contributed by atoms with Gasteiger partial charge in [0.2, 0.25) is 0 Å². The lowest BCUT2D eigenvalue weighted by Crippen LogP contribution is -2.46. The van der Waals surface area contributed by atoms with Crippen LogP contribution in [0.5, 0.6) is 5.75 Å². The topological polar surface area (TPSA) is 70.7 Å². The van der Waals surface area contributed by atoms with Gasteiger partial charge in [0.05, 0.1) is 26.5 Å². The van der Waals surface area contributed by atoms with E-state index in [4.69, 9.17) is 40.2 Å². The summed E-state index contributed by atoms with van der Waals surface area (Å²) in [5.74, 6) is 0.242. The minimum atomic E-state index is -0.645. The Hall–Kier alpha value is -1.78. The summed E-state index contributed by atoms with van der Waals surface area (Å²) in [7, 11) is 1.57. The Morgan fingerprint density at radius 3 is 2.66 bits per heavy atom. The van der Waals surface area contributed by atoms with E-state index in [2.05, 4.69) is 26.7 Å². The lowest BCUT2D eigenvalue weighted by molar-refractivity contribution is -0.123. The summed E-state index contributed by atoms with van der Waals surface area (Å²) in [6.45, 7) is 0. The minimum Gasteiger partial charge on any atom is -0.496 e. The van der Waals surface area contributed by atoms with Crippen molar-refractivity contribution < 1.29 is 14.3 Å². The third-order valence-corrected chi connectivity index (χ3v) is 6.32. The number of thioether (sulfide) groups is 1. The zero-order valence-electron chi connectivity index (χ0n) is 14.7. The number of benzene rings is 2. The van der Waals surface area contributed by atoms with Gasteiger partial charge in [-0.2, -0.15) is 5.01 Å². The second kappa shape index (κ2) is 9.36. The first kappa shape index (κ1) is 21.9. The van der Waals surface area contributed by atoms with E-state index >= 15 is 0 Å². The number of carbonyl (C=O) groups excluding carboxylic acids is 2. The molecule has 11 heteroatoms. The van der Waals surface area contributed by atoms with Crippen LogP contribution >= 0.6 is 63.1 Å². The van der Waals surface area contributed by atoms with E-state index in [1.165, 1.54) is 6.07 Å². The molecule has 6 nitrogen and oxygen atoms in total. The van der Waals surface area contributed by atoms with Gasteiger partial charge in [-0.15, -0.1) is 0 Å². The molecule has 0 atom stereocenters. The van der Waals surface area contributed by atoms with Gasteiger partial charge in [0, 0.05) is 5.69 Å². The molecular formula is C18H12BrCl2N3O3S2. The van der Waals surface area contributed by atoms with Gasteiger partial charge in [-0.25, -0.2) is 10.2 Å². The molecule has 29 heavy (non-hydrogen) atoms. The van der Waals surface area contributed by atoms with Crippen molar-refractivity contribution in [2.75, 3.05) is 12.4 Å². The van der Waals surface area contributed by atoms with Crippen LogP contribution in [0.2, 0.25) is 10.0 Å². The Morgan fingerprint density at radius 1 is 1.24 bits per heavy atom. The Morgan fingerprint density at radius 2 is 2.00 bits per heavy atom. The second-order valence-electron chi connectivity index (χ2n) is 5.61. The molecule has 1 fully saturated rings. The SMILES string of the molecule is COc1ccc(/C=C2/SC(=S)N(NC(=O)Nc3ccc(Cl)c(Cl)c3)C2=O)cc1Br. The Kier molecular flexibility index (Phi) is 7.07. The van der Waals surface area contributed by atoms with Crippen molar-refractivity contribution in [2.45, 2.75) is 0 Å². The molecule has 150 valence electrons. The normalized spacial score (nSPS) is 15.0. The number of ether oxygens (including phenoxy) is 1. The Balaban J connectivity index is 1.70. The van der Waals surface area contributed by atoms with Crippen LogP contribution < -0.4 is 15.5 Å². The van der Waals surface area contributed by atoms with Gasteiger partial charge in [-0.3, -0.25) is 4.79 Å².